The van der Waals surface area contributed by atoms with Gasteiger partial charge in [0.15, 0.2) is 0 Å². The summed E-state index contributed by atoms with van der Waals surface area (Å²) in [6.45, 7) is 2.55. The van der Waals surface area contributed by atoms with E-state index in [0.717, 1.165) is 27.8 Å². The third-order valence-corrected chi connectivity index (χ3v) is 3.67. The van der Waals surface area contributed by atoms with Gasteiger partial charge in [-0.05, 0) is 30.7 Å². The Bertz CT molecular complexity index is 790. The molecule has 0 aliphatic heterocycles. The average Bonchev–Trinajstić information content (AvgIpc) is 2.54. The number of hydrogen-bond acceptors (Lipinski definition) is 4. The van der Waals surface area contributed by atoms with Crippen molar-refractivity contribution in [2.24, 2.45) is 0 Å². The quantitative estimate of drug-likeness (QED) is 0.708. The molecule has 3 rings (SSSR count). The minimum Gasteiger partial charge on any atom is -0.366 e. The fraction of sp³-hybridized carbons (Fsp3) is 0.111. The van der Waals surface area contributed by atoms with Crippen LogP contribution in [-0.2, 0) is 6.54 Å². The summed E-state index contributed by atoms with van der Waals surface area (Å²) in [5, 5.41) is 7.24. The standard InChI is InChI=1S/C18H17ClN4/c1-13-11-17(20-12-14-7-5-6-10-16(14)19)23-18(21-13)22-15-8-3-2-4-9-15/h2-11H,12H2,1H3,(H2,20,21,22,23). The van der Waals surface area contributed by atoms with Crippen LogP contribution in [0.5, 0.6) is 0 Å². The van der Waals surface area contributed by atoms with E-state index in [1.807, 2.05) is 67.6 Å². The van der Waals surface area contributed by atoms with E-state index < -0.39 is 0 Å². The van der Waals surface area contributed by atoms with Gasteiger partial charge in [0, 0.05) is 29.0 Å². The second-order valence-corrected chi connectivity index (χ2v) is 5.56. The van der Waals surface area contributed by atoms with E-state index in [4.69, 9.17) is 11.6 Å². The van der Waals surface area contributed by atoms with Gasteiger partial charge in [-0.2, -0.15) is 4.98 Å². The number of nitrogens with zero attached hydrogens (tertiary/aromatic N) is 2. The molecule has 4 nitrogen and oxygen atoms in total. The first-order valence-corrected chi connectivity index (χ1v) is 7.73. The molecular formula is C18H17ClN4. The topological polar surface area (TPSA) is 49.8 Å². The third-order valence-electron chi connectivity index (χ3n) is 3.30. The average molecular weight is 325 g/mol. The van der Waals surface area contributed by atoms with Crippen molar-refractivity contribution in [1.82, 2.24) is 9.97 Å². The van der Waals surface area contributed by atoms with Crippen molar-refractivity contribution in [2.75, 3.05) is 10.6 Å². The molecule has 0 radical (unpaired) electrons. The second kappa shape index (κ2) is 7.11. The highest BCUT2D eigenvalue weighted by Crippen LogP contribution is 2.18. The second-order valence-electron chi connectivity index (χ2n) is 5.15. The molecular weight excluding hydrogens is 308 g/mol. The van der Waals surface area contributed by atoms with Crippen LogP contribution in [0.2, 0.25) is 5.02 Å². The number of halogens is 1. The van der Waals surface area contributed by atoms with Gasteiger partial charge in [-0.15, -0.1) is 0 Å². The van der Waals surface area contributed by atoms with Crippen molar-refractivity contribution in [3.8, 4) is 0 Å². The molecule has 0 aliphatic carbocycles. The number of anilines is 3. The first-order chi connectivity index (χ1) is 11.2. The summed E-state index contributed by atoms with van der Waals surface area (Å²) in [6.07, 6.45) is 0. The first-order valence-electron chi connectivity index (χ1n) is 7.36. The molecule has 1 aromatic heterocycles. The molecule has 3 aromatic rings. The van der Waals surface area contributed by atoms with Gasteiger partial charge in [-0.3, -0.25) is 0 Å². The minimum atomic E-state index is 0.567. The fourth-order valence-corrected chi connectivity index (χ4v) is 2.40. The van der Waals surface area contributed by atoms with Crippen molar-refractivity contribution in [2.45, 2.75) is 13.5 Å². The molecule has 0 saturated heterocycles. The van der Waals surface area contributed by atoms with Crippen molar-refractivity contribution in [1.29, 1.82) is 0 Å². The van der Waals surface area contributed by atoms with Crippen molar-refractivity contribution < 1.29 is 0 Å². The lowest BCUT2D eigenvalue weighted by Crippen LogP contribution is -2.05. The largest absolute Gasteiger partial charge is 0.366 e. The maximum absolute atomic E-state index is 6.18. The fourth-order valence-electron chi connectivity index (χ4n) is 2.19. The zero-order valence-corrected chi connectivity index (χ0v) is 13.5. The lowest BCUT2D eigenvalue weighted by atomic mass is 10.2. The maximum Gasteiger partial charge on any atom is 0.229 e. The Morgan fingerprint density at radius 1 is 0.957 bits per heavy atom. The van der Waals surface area contributed by atoms with Crippen LogP contribution in [-0.4, -0.2) is 9.97 Å². The van der Waals surface area contributed by atoms with Gasteiger partial charge in [-0.1, -0.05) is 48.0 Å². The number of aryl methyl sites for hydroxylation is 1. The van der Waals surface area contributed by atoms with Crippen LogP contribution in [0, 0.1) is 6.92 Å². The van der Waals surface area contributed by atoms with Crippen LogP contribution in [0.3, 0.4) is 0 Å². The molecule has 0 amide bonds. The van der Waals surface area contributed by atoms with Crippen LogP contribution in [0.15, 0.2) is 60.7 Å². The highest BCUT2D eigenvalue weighted by molar-refractivity contribution is 6.31. The van der Waals surface area contributed by atoms with Crippen LogP contribution in [0.4, 0.5) is 17.5 Å². The number of para-hydroxylation sites is 1. The Hall–Kier alpha value is -2.59. The third kappa shape index (κ3) is 4.20. The predicted octanol–water partition coefficient (Wildman–Crippen LogP) is 4.79. The van der Waals surface area contributed by atoms with E-state index in [2.05, 4.69) is 20.6 Å². The maximum atomic E-state index is 6.18. The molecule has 0 atom stereocenters. The molecule has 0 unspecified atom stereocenters. The molecule has 116 valence electrons. The molecule has 0 saturated carbocycles. The molecule has 0 bridgehead atoms. The first kappa shape index (κ1) is 15.3. The van der Waals surface area contributed by atoms with Gasteiger partial charge < -0.3 is 10.6 Å². The number of rotatable bonds is 5. The molecule has 0 fully saturated rings. The Kier molecular flexibility index (Phi) is 4.74. The van der Waals surface area contributed by atoms with Crippen LogP contribution >= 0.6 is 11.6 Å². The Morgan fingerprint density at radius 3 is 2.48 bits per heavy atom. The van der Waals surface area contributed by atoms with E-state index in [0.29, 0.717) is 12.5 Å². The summed E-state index contributed by atoms with van der Waals surface area (Å²) < 4.78 is 0. The molecule has 23 heavy (non-hydrogen) atoms. The van der Waals surface area contributed by atoms with E-state index >= 15 is 0 Å². The smallest absolute Gasteiger partial charge is 0.229 e. The van der Waals surface area contributed by atoms with E-state index in [9.17, 15) is 0 Å². The van der Waals surface area contributed by atoms with Gasteiger partial charge in [0.1, 0.15) is 5.82 Å². The Labute approximate surface area is 140 Å². The summed E-state index contributed by atoms with van der Waals surface area (Å²) >= 11 is 6.18. The van der Waals surface area contributed by atoms with E-state index in [1.54, 1.807) is 0 Å². The predicted molar refractivity (Wildman–Crippen MR) is 95.3 cm³/mol. The number of aromatic nitrogens is 2. The summed E-state index contributed by atoms with van der Waals surface area (Å²) in [5.74, 6) is 1.33. The zero-order valence-electron chi connectivity index (χ0n) is 12.8. The Balaban J connectivity index is 1.74. The lowest BCUT2D eigenvalue weighted by molar-refractivity contribution is 1.06. The highest BCUT2D eigenvalue weighted by Gasteiger charge is 2.04. The van der Waals surface area contributed by atoms with Crippen molar-refractivity contribution in [3.63, 3.8) is 0 Å². The summed E-state index contributed by atoms with van der Waals surface area (Å²) in [6, 6.07) is 19.5. The molecule has 5 heteroatoms. The van der Waals surface area contributed by atoms with E-state index in [-0.39, 0.29) is 0 Å². The number of nitrogens with one attached hydrogen (secondary N) is 2. The summed E-state index contributed by atoms with van der Waals surface area (Å²) in [4.78, 5) is 8.91. The SMILES string of the molecule is Cc1cc(NCc2ccccc2Cl)nc(Nc2ccccc2)n1. The van der Waals surface area contributed by atoms with Crippen LogP contribution < -0.4 is 10.6 Å². The van der Waals surface area contributed by atoms with E-state index in [1.165, 1.54) is 0 Å². The lowest BCUT2D eigenvalue weighted by Gasteiger charge is -2.10. The van der Waals surface area contributed by atoms with Crippen LogP contribution in [0.1, 0.15) is 11.3 Å². The molecule has 0 aliphatic rings. The molecule has 0 spiro atoms. The molecule has 1 heterocycles. The molecule has 2 N–H and O–H groups in total. The van der Waals surface area contributed by atoms with Gasteiger partial charge in [-0.25, -0.2) is 4.98 Å². The van der Waals surface area contributed by atoms with Gasteiger partial charge in [0.25, 0.3) is 0 Å². The molecule has 2 aromatic carbocycles. The summed E-state index contributed by atoms with van der Waals surface area (Å²) in [7, 11) is 0. The van der Waals surface area contributed by atoms with Crippen molar-refractivity contribution >= 4 is 29.1 Å². The minimum absolute atomic E-state index is 0.567. The van der Waals surface area contributed by atoms with Crippen LogP contribution in [0.25, 0.3) is 0 Å². The van der Waals surface area contributed by atoms with Gasteiger partial charge in [0.2, 0.25) is 5.95 Å². The van der Waals surface area contributed by atoms with Gasteiger partial charge in [0.05, 0.1) is 0 Å². The monoisotopic (exact) mass is 324 g/mol. The van der Waals surface area contributed by atoms with Crippen molar-refractivity contribution in [3.05, 3.63) is 76.9 Å². The highest BCUT2D eigenvalue weighted by atomic mass is 35.5. The normalized spacial score (nSPS) is 10.3. The summed E-state index contributed by atoms with van der Waals surface area (Å²) in [5.41, 5.74) is 2.87. The number of benzene rings is 2. The Morgan fingerprint density at radius 2 is 1.70 bits per heavy atom. The van der Waals surface area contributed by atoms with Gasteiger partial charge >= 0.3 is 0 Å². The zero-order chi connectivity index (χ0) is 16.1. The number of hydrogen-bond donors (Lipinski definition) is 2.